The van der Waals surface area contributed by atoms with Crippen molar-refractivity contribution in [1.82, 2.24) is 4.72 Å². The van der Waals surface area contributed by atoms with Crippen molar-refractivity contribution in [3.8, 4) is 5.75 Å². The maximum atomic E-state index is 12.6. The number of carboxylic acid groups (broad SMARTS) is 1. The van der Waals surface area contributed by atoms with Crippen LogP contribution in [0.3, 0.4) is 0 Å². The SMILES string of the molecule is NC(N)=NOCCCOc1ccc(CC(NS(=O)(=O)c2ccc(Cl)cc2Cl)C(=O)O)cc1. The van der Waals surface area contributed by atoms with Gasteiger partial charge in [0.15, 0.2) is 0 Å². The van der Waals surface area contributed by atoms with Crippen LogP contribution in [-0.4, -0.2) is 44.7 Å². The zero-order valence-corrected chi connectivity index (χ0v) is 19.0. The lowest BCUT2D eigenvalue weighted by Crippen LogP contribution is -2.42. The summed E-state index contributed by atoms with van der Waals surface area (Å²) < 4.78 is 32.9. The number of benzene rings is 2. The molecule has 0 saturated heterocycles. The summed E-state index contributed by atoms with van der Waals surface area (Å²) in [6.45, 7) is 0.618. The fourth-order valence-electron chi connectivity index (χ4n) is 2.51. The van der Waals surface area contributed by atoms with Crippen molar-refractivity contribution in [3.63, 3.8) is 0 Å². The Morgan fingerprint density at radius 1 is 1.12 bits per heavy atom. The zero-order chi connectivity index (χ0) is 23.7. The quantitative estimate of drug-likeness (QED) is 0.147. The molecule has 2 rings (SSSR count). The summed E-state index contributed by atoms with van der Waals surface area (Å²) in [5, 5.41) is 13.0. The van der Waals surface area contributed by atoms with E-state index in [1.807, 2.05) is 0 Å². The van der Waals surface area contributed by atoms with Crippen molar-refractivity contribution in [3.05, 3.63) is 58.1 Å². The van der Waals surface area contributed by atoms with Gasteiger partial charge in [0.1, 0.15) is 23.3 Å². The Kier molecular flexibility index (Phi) is 9.39. The van der Waals surface area contributed by atoms with Gasteiger partial charge in [-0.25, -0.2) is 8.42 Å². The van der Waals surface area contributed by atoms with E-state index in [4.69, 9.17) is 44.2 Å². The molecule has 0 aromatic heterocycles. The topological polar surface area (TPSA) is 166 Å². The molecule has 0 amide bonds. The average Bonchev–Trinajstić information content (AvgIpc) is 2.70. The number of oxime groups is 1. The number of guanidine groups is 1. The zero-order valence-electron chi connectivity index (χ0n) is 16.7. The molecule has 0 aliphatic heterocycles. The Hall–Kier alpha value is -2.73. The molecule has 13 heteroatoms. The molecular weight excluding hydrogens is 483 g/mol. The Bertz CT molecular complexity index is 1060. The number of nitrogens with two attached hydrogens (primary N) is 2. The first-order valence-corrected chi connectivity index (χ1v) is 11.4. The number of carboxylic acids is 1. The summed E-state index contributed by atoms with van der Waals surface area (Å²) in [5.74, 6) is -0.949. The van der Waals surface area contributed by atoms with Gasteiger partial charge in [-0.2, -0.15) is 4.72 Å². The highest BCUT2D eigenvalue weighted by Crippen LogP contribution is 2.25. The molecule has 32 heavy (non-hydrogen) atoms. The lowest BCUT2D eigenvalue weighted by Gasteiger charge is -2.16. The number of sulfonamides is 1. The number of halogens is 2. The molecule has 0 spiro atoms. The van der Waals surface area contributed by atoms with Gasteiger partial charge in [-0.1, -0.05) is 35.3 Å². The molecule has 0 radical (unpaired) electrons. The van der Waals surface area contributed by atoms with Crippen LogP contribution in [0.5, 0.6) is 5.75 Å². The van der Waals surface area contributed by atoms with Gasteiger partial charge >= 0.3 is 5.97 Å². The lowest BCUT2D eigenvalue weighted by molar-refractivity contribution is -0.138. The van der Waals surface area contributed by atoms with Crippen molar-refractivity contribution >= 4 is 45.2 Å². The van der Waals surface area contributed by atoms with Crippen LogP contribution in [0, 0.1) is 0 Å². The Balaban J connectivity index is 1.96. The molecule has 0 fully saturated rings. The lowest BCUT2D eigenvalue weighted by atomic mass is 10.1. The summed E-state index contributed by atoms with van der Waals surface area (Å²) in [6.07, 6.45) is 0.445. The van der Waals surface area contributed by atoms with Crippen LogP contribution in [-0.2, 0) is 26.1 Å². The highest BCUT2D eigenvalue weighted by Gasteiger charge is 2.27. The second-order valence-corrected chi connectivity index (χ2v) is 9.01. The van der Waals surface area contributed by atoms with E-state index in [-0.39, 0.29) is 33.9 Å². The van der Waals surface area contributed by atoms with Crippen LogP contribution in [0.25, 0.3) is 0 Å². The van der Waals surface area contributed by atoms with Gasteiger partial charge in [0.25, 0.3) is 0 Å². The maximum absolute atomic E-state index is 12.6. The van der Waals surface area contributed by atoms with E-state index in [0.717, 1.165) is 0 Å². The van der Waals surface area contributed by atoms with Gasteiger partial charge in [-0.15, -0.1) is 0 Å². The molecule has 1 atom stereocenters. The smallest absolute Gasteiger partial charge is 0.322 e. The van der Waals surface area contributed by atoms with Crippen LogP contribution in [0.2, 0.25) is 10.0 Å². The monoisotopic (exact) mass is 504 g/mol. The van der Waals surface area contributed by atoms with Gasteiger partial charge in [-0.05, 0) is 47.5 Å². The number of nitrogens with one attached hydrogen (secondary N) is 1. The van der Waals surface area contributed by atoms with E-state index in [9.17, 15) is 18.3 Å². The van der Waals surface area contributed by atoms with E-state index in [1.165, 1.54) is 18.2 Å². The molecule has 174 valence electrons. The van der Waals surface area contributed by atoms with Crippen LogP contribution in [0.15, 0.2) is 52.5 Å². The number of hydrogen-bond acceptors (Lipinski definition) is 6. The Labute approximate surface area is 195 Å². The molecule has 0 heterocycles. The van der Waals surface area contributed by atoms with Gasteiger partial charge in [0, 0.05) is 11.4 Å². The first-order valence-electron chi connectivity index (χ1n) is 9.21. The Morgan fingerprint density at radius 2 is 1.81 bits per heavy atom. The van der Waals surface area contributed by atoms with Gasteiger partial charge in [0.2, 0.25) is 16.0 Å². The predicted octanol–water partition coefficient (Wildman–Crippen LogP) is 1.94. The van der Waals surface area contributed by atoms with Gasteiger partial charge < -0.3 is 26.1 Å². The number of hydrogen-bond donors (Lipinski definition) is 4. The first-order chi connectivity index (χ1) is 15.1. The van der Waals surface area contributed by atoms with Crippen LogP contribution in [0.1, 0.15) is 12.0 Å². The minimum Gasteiger partial charge on any atom is -0.493 e. The number of carbonyl (C=O) groups is 1. The molecule has 2 aromatic rings. The summed E-state index contributed by atoms with van der Waals surface area (Å²) in [5.41, 5.74) is 10.8. The molecule has 2 aromatic carbocycles. The summed E-state index contributed by atoms with van der Waals surface area (Å²) >= 11 is 11.7. The standard InChI is InChI=1S/C19H22Cl2N4O6S/c20-13-4-7-17(15(21)11-13)32(28,29)25-16(18(26)27)10-12-2-5-14(6-3-12)30-8-1-9-31-24-19(22)23/h2-7,11,16,25H,1,8-10H2,(H,26,27)(H4,22,23,24). The normalized spacial score (nSPS) is 12.1. The van der Waals surface area contributed by atoms with Crippen LogP contribution >= 0.6 is 23.2 Å². The highest BCUT2D eigenvalue weighted by atomic mass is 35.5. The van der Waals surface area contributed by atoms with Gasteiger partial charge in [-0.3, -0.25) is 4.79 Å². The highest BCUT2D eigenvalue weighted by molar-refractivity contribution is 7.89. The molecule has 0 aliphatic rings. The number of nitrogens with zero attached hydrogens (tertiary/aromatic N) is 1. The number of rotatable bonds is 12. The number of ether oxygens (including phenoxy) is 1. The second-order valence-electron chi connectivity index (χ2n) is 6.49. The minimum atomic E-state index is -4.19. The summed E-state index contributed by atoms with van der Waals surface area (Å²) in [7, 11) is -4.19. The molecule has 1 unspecified atom stereocenters. The fraction of sp³-hybridized carbons (Fsp3) is 0.263. The van der Waals surface area contributed by atoms with E-state index in [0.29, 0.717) is 24.3 Å². The Morgan fingerprint density at radius 3 is 2.41 bits per heavy atom. The van der Waals surface area contributed by atoms with E-state index in [1.54, 1.807) is 24.3 Å². The number of aliphatic carboxylic acids is 1. The average molecular weight is 505 g/mol. The predicted molar refractivity (Wildman–Crippen MR) is 120 cm³/mol. The molecule has 0 bridgehead atoms. The third-order valence-corrected chi connectivity index (χ3v) is 6.15. The van der Waals surface area contributed by atoms with E-state index < -0.39 is 22.0 Å². The van der Waals surface area contributed by atoms with Crippen LogP contribution < -0.4 is 20.9 Å². The van der Waals surface area contributed by atoms with E-state index >= 15 is 0 Å². The van der Waals surface area contributed by atoms with Crippen LogP contribution in [0.4, 0.5) is 0 Å². The van der Waals surface area contributed by atoms with Gasteiger partial charge in [0.05, 0.1) is 11.6 Å². The van der Waals surface area contributed by atoms with E-state index in [2.05, 4.69) is 9.88 Å². The fourth-order valence-corrected chi connectivity index (χ4v) is 4.48. The third kappa shape index (κ3) is 8.08. The first kappa shape index (κ1) is 25.5. The summed E-state index contributed by atoms with van der Waals surface area (Å²) in [6, 6.07) is 9.00. The van der Waals surface area contributed by atoms with Crippen molar-refractivity contribution in [2.75, 3.05) is 13.2 Å². The second kappa shape index (κ2) is 11.8. The third-order valence-electron chi connectivity index (χ3n) is 3.96. The van der Waals surface area contributed by atoms with Crippen molar-refractivity contribution < 1.29 is 27.9 Å². The molecule has 0 saturated carbocycles. The van der Waals surface area contributed by atoms with Crippen molar-refractivity contribution in [2.24, 2.45) is 16.6 Å². The molecule has 0 aliphatic carbocycles. The van der Waals surface area contributed by atoms with Crippen molar-refractivity contribution in [2.45, 2.75) is 23.8 Å². The molecular formula is C19H22Cl2N4O6S. The minimum absolute atomic E-state index is 0.0909. The maximum Gasteiger partial charge on any atom is 0.322 e. The molecule has 6 N–H and O–H groups in total. The largest absolute Gasteiger partial charge is 0.493 e. The summed E-state index contributed by atoms with van der Waals surface area (Å²) in [4.78, 5) is 16.2. The van der Waals surface area contributed by atoms with Crippen molar-refractivity contribution in [1.29, 1.82) is 0 Å². The molecule has 10 nitrogen and oxygen atoms in total.